The Labute approximate surface area is 113 Å². The standard InChI is InChI=1S/C15H21NO3/c1-4-11-8-6-7-9-12(11)13(17)16-10-15(3,5-2)14(18)19/h6-9H,4-5,10H2,1-3H3,(H,16,17)(H,18,19). The predicted octanol–water partition coefficient (Wildman–Crippen LogP) is 2.48. The van der Waals surface area contributed by atoms with Crippen LogP contribution >= 0.6 is 0 Å². The zero-order valence-corrected chi connectivity index (χ0v) is 11.7. The van der Waals surface area contributed by atoms with Crippen LogP contribution < -0.4 is 5.32 Å². The predicted molar refractivity (Wildman–Crippen MR) is 74.2 cm³/mol. The van der Waals surface area contributed by atoms with Crippen LogP contribution in [0.4, 0.5) is 0 Å². The first-order valence-corrected chi connectivity index (χ1v) is 6.54. The first-order chi connectivity index (χ1) is 8.94. The molecule has 4 nitrogen and oxygen atoms in total. The quantitative estimate of drug-likeness (QED) is 0.828. The molecular weight excluding hydrogens is 242 g/mol. The van der Waals surface area contributed by atoms with E-state index in [1.54, 1.807) is 19.9 Å². The molecule has 4 heteroatoms. The van der Waals surface area contributed by atoms with E-state index in [9.17, 15) is 9.59 Å². The Balaban J connectivity index is 2.78. The molecule has 1 aromatic rings. The van der Waals surface area contributed by atoms with Crippen LogP contribution in [0.15, 0.2) is 24.3 Å². The van der Waals surface area contributed by atoms with Gasteiger partial charge in [0, 0.05) is 12.1 Å². The van der Waals surface area contributed by atoms with Crippen LogP contribution in [0.25, 0.3) is 0 Å². The molecule has 0 bridgehead atoms. The van der Waals surface area contributed by atoms with E-state index in [1.165, 1.54) is 0 Å². The molecule has 0 saturated carbocycles. The molecule has 0 saturated heterocycles. The zero-order valence-electron chi connectivity index (χ0n) is 11.7. The van der Waals surface area contributed by atoms with Crippen LogP contribution in [0.1, 0.15) is 43.1 Å². The van der Waals surface area contributed by atoms with Gasteiger partial charge in [-0.2, -0.15) is 0 Å². The van der Waals surface area contributed by atoms with Crippen molar-refractivity contribution in [2.45, 2.75) is 33.6 Å². The van der Waals surface area contributed by atoms with E-state index in [0.717, 1.165) is 12.0 Å². The monoisotopic (exact) mass is 263 g/mol. The number of hydrogen-bond donors (Lipinski definition) is 2. The van der Waals surface area contributed by atoms with Crippen molar-refractivity contribution in [3.8, 4) is 0 Å². The van der Waals surface area contributed by atoms with Crippen LogP contribution in [-0.2, 0) is 11.2 Å². The minimum atomic E-state index is -0.920. The van der Waals surface area contributed by atoms with E-state index in [4.69, 9.17) is 5.11 Å². The summed E-state index contributed by atoms with van der Waals surface area (Å²) in [5.41, 5.74) is 0.666. The summed E-state index contributed by atoms with van der Waals surface area (Å²) in [6.07, 6.45) is 1.24. The highest BCUT2D eigenvalue weighted by molar-refractivity contribution is 5.96. The second-order valence-corrected chi connectivity index (χ2v) is 4.91. The molecule has 0 heterocycles. The van der Waals surface area contributed by atoms with Gasteiger partial charge in [0.1, 0.15) is 0 Å². The molecule has 104 valence electrons. The number of nitrogens with one attached hydrogen (secondary N) is 1. The lowest BCUT2D eigenvalue weighted by atomic mass is 9.87. The van der Waals surface area contributed by atoms with Crippen molar-refractivity contribution in [3.63, 3.8) is 0 Å². The fourth-order valence-electron chi connectivity index (χ4n) is 1.77. The van der Waals surface area contributed by atoms with Crippen LogP contribution in [0.2, 0.25) is 0 Å². The lowest BCUT2D eigenvalue weighted by Gasteiger charge is -2.23. The Kier molecular flexibility index (Phi) is 5.10. The van der Waals surface area contributed by atoms with Gasteiger partial charge in [0.25, 0.3) is 5.91 Å². The highest BCUT2D eigenvalue weighted by Gasteiger charge is 2.31. The summed E-state index contributed by atoms with van der Waals surface area (Å²) in [5.74, 6) is -1.10. The van der Waals surface area contributed by atoms with Crippen molar-refractivity contribution in [3.05, 3.63) is 35.4 Å². The molecule has 0 aliphatic carbocycles. The van der Waals surface area contributed by atoms with E-state index in [0.29, 0.717) is 12.0 Å². The SMILES string of the molecule is CCc1ccccc1C(=O)NCC(C)(CC)C(=O)O. The van der Waals surface area contributed by atoms with Crippen molar-refractivity contribution in [1.82, 2.24) is 5.32 Å². The van der Waals surface area contributed by atoms with Crippen molar-refractivity contribution in [2.24, 2.45) is 5.41 Å². The lowest BCUT2D eigenvalue weighted by molar-refractivity contribution is -0.147. The summed E-state index contributed by atoms with van der Waals surface area (Å²) in [4.78, 5) is 23.3. The van der Waals surface area contributed by atoms with Crippen molar-refractivity contribution in [1.29, 1.82) is 0 Å². The molecule has 19 heavy (non-hydrogen) atoms. The number of carboxylic acid groups (broad SMARTS) is 1. The normalized spacial score (nSPS) is 13.6. The third-order valence-electron chi connectivity index (χ3n) is 3.58. The van der Waals surface area contributed by atoms with Gasteiger partial charge in [-0.3, -0.25) is 9.59 Å². The van der Waals surface area contributed by atoms with Crippen molar-refractivity contribution < 1.29 is 14.7 Å². The Morgan fingerprint density at radius 2 is 1.89 bits per heavy atom. The molecular formula is C15H21NO3. The van der Waals surface area contributed by atoms with E-state index >= 15 is 0 Å². The lowest BCUT2D eigenvalue weighted by Crippen LogP contribution is -2.40. The van der Waals surface area contributed by atoms with Crippen LogP contribution in [0.3, 0.4) is 0 Å². The fraction of sp³-hybridized carbons (Fsp3) is 0.467. The van der Waals surface area contributed by atoms with Gasteiger partial charge in [-0.15, -0.1) is 0 Å². The topological polar surface area (TPSA) is 66.4 Å². The average Bonchev–Trinajstić information content (AvgIpc) is 2.43. The summed E-state index contributed by atoms with van der Waals surface area (Å²) in [5, 5.41) is 11.9. The van der Waals surface area contributed by atoms with Crippen LogP contribution in [-0.4, -0.2) is 23.5 Å². The van der Waals surface area contributed by atoms with Crippen LogP contribution in [0.5, 0.6) is 0 Å². The number of hydrogen-bond acceptors (Lipinski definition) is 2. The first kappa shape index (κ1) is 15.2. The van der Waals surface area contributed by atoms with Gasteiger partial charge in [-0.1, -0.05) is 32.0 Å². The summed E-state index contributed by atoms with van der Waals surface area (Å²) >= 11 is 0. The number of carbonyl (C=O) groups is 2. The zero-order chi connectivity index (χ0) is 14.5. The summed E-state index contributed by atoms with van der Waals surface area (Å²) < 4.78 is 0. The Bertz CT molecular complexity index is 470. The van der Waals surface area contributed by atoms with E-state index in [2.05, 4.69) is 5.32 Å². The maximum absolute atomic E-state index is 12.1. The molecule has 1 unspecified atom stereocenters. The van der Waals surface area contributed by atoms with Crippen molar-refractivity contribution in [2.75, 3.05) is 6.54 Å². The summed E-state index contributed by atoms with van der Waals surface area (Å²) in [6, 6.07) is 7.37. The molecule has 0 spiro atoms. The van der Waals surface area contributed by atoms with E-state index in [1.807, 2.05) is 25.1 Å². The first-order valence-electron chi connectivity index (χ1n) is 6.54. The number of aryl methyl sites for hydroxylation is 1. The van der Waals surface area contributed by atoms with Gasteiger partial charge in [-0.05, 0) is 31.4 Å². The molecule has 1 aromatic carbocycles. The highest BCUT2D eigenvalue weighted by Crippen LogP contribution is 2.20. The summed E-state index contributed by atoms with van der Waals surface area (Å²) in [6.45, 7) is 5.57. The average molecular weight is 263 g/mol. The minimum absolute atomic E-state index is 0.135. The highest BCUT2D eigenvalue weighted by atomic mass is 16.4. The number of rotatable bonds is 6. The molecule has 0 aromatic heterocycles. The number of amides is 1. The third kappa shape index (κ3) is 3.56. The number of carbonyl (C=O) groups excluding carboxylic acids is 1. The molecule has 0 aliphatic heterocycles. The molecule has 1 atom stereocenters. The van der Waals surface area contributed by atoms with Gasteiger partial charge < -0.3 is 10.4 Å². The Hall–Kier alpha value is -1.84. The molecule has 2 N–H and O–H groups in total. The second-order valence-electron chi connectivity index (χ2n) is 4.91. The molecule has 1 amide bonds. The maximum atomic E-state index is 12.1. The largest absolute Gasteiger partial charge is 0.481 e. The molecule has 0 radical (unpaired) electrons. The van der Waals surface area contributed by atoms with Crippen LogP contribution in [0, 0.1) is 5.41 Å². The van der Waals surface area contributed by atoms with Gasteiger partial charge in [-0.25, -0.2) is 0 Å². The van der Waals surface area contributed by atoms with Gasteiger partial charge in [0.2, 0.25) is 0 Å². The molecule has 1 rings (SSSR count). The number of aliphatic carboxylic acids is 1. The Morgan fingerprint density at radius 1 is 1.26 bits per heavy atom. The third-order valence-corrected chi connectivity index (χ3v) is 3.58. The molecule has 0 aliphatic rings. The second kappa shape index (κ2) is 6.36. The Morgan fingerprint density at radius 3 is 2.42 bits per heavy atom. The maximum Gasteiger partial charge on any atom is 0.311 e. The fourth-order valence-corrected chi connectivity index (χ4v) is 1.77. The minimum Gasteiger partial charge on any atom is -0.481 e. The van der Waals surface area contributed by atoms with E-state index in [-0.39, 0.29) is 12.5 Å². The smallest absolute Gasteiger partial charge is 0.311 e. The van der Waals surface area contributed by atoms with Gasteiger partial charge >= 0.3 is 5.97 Å². The van der Waals surface area contributed by atoms with Crippen molar-refractivity contribution >= 4 is 11.9 Å². The number of benzene rings is 1. The van der Waals surface area contributed by atoms with Gasteiger partial charge in [0.05, 0.1) is 5.41 Å². The van der Waals surface area contributed by atoms with E-state index < -0.39 is 11.4 Å². The van der Waals surface area contributed by atoms with Gasteiger partial charge in [0.15, 0.2) is 0 Å². The number of carboxylic acids is 1. The summed E-state index contributed by atoms with van der Waals surface area (Å²) in [7, 11) is 0. The molecule has 0 fully saturated rings.